The highest BCUT2D eigenvalue weighted by Crippen LogP contribution is 2.40. The number of hydrogen-bond donors (Lipinski definition) is 0. The molecule has 1 heterocycles. The number of hydrogen-bond acceptors (Lipinski definition) is 5. The van der Waals surface area contributed by atoms with Crippen molar-refractivity contribution in [2.45, 2.75) is 0 Å². The fourth-order valence-electron chi connectivity index (χ4n) is 3.61. The third-order valence-corrected chi connectivity index (χ3v) is 6.29. The highest BCUT2D eigenvalue weighted by atomic mass is 32.1. The first kappa shape index (κ1) is 20.7. The van der Waals surface area contributed by atoms with E-state index < -0.39 is 0 Å². The summed E-state index contributed by atoms with van der Waals surface area (Å²) in [6.45, 7) is 0. The van der Waals surface area contributed by atoms with Crippen LogP contribution in [0.2, 0.25) is 0 Å². The number of thiophene rings is 1. The van der Waals surface area contributed by atoms with E-state index in [0.717, 1.165) is 33.4 Å². The van der Waals surface area contributed by atoms with Crippen LogP contribution in [0.25, 0.3) is 26.1 Å². The van der Waals surface area contributed by atoms with Crippen molar-refractivity contribution in [2.75, 3.05) is 21.3 Å². The van der Waals surface area contributed by atoms with Crippen molar-refractivity contribution in [1.29, 1.82) is 0 Å². The Labute approximate surface area is 185 Å². The summed E-state index contributed by atoms with van der Waals surface area (Å²) < 4.78 is 17.7. The summed E-state index contributed by atoms with van der Waals surface area (Å²) in [5, 5.41) is 1.21. The molecule has 3 aromatic carbocycles. The summed E-state index contributed by atoms with van der Waals surface area (Å²) in [6, 6.07) is 22.1. The van der Waals surface area contributed by atoms with Gasteiger partial charge in [-0.1, -0.05) is 24.3 Å². The van der Waals surface area contributed by atoms with Crippen LogP contribution in [0.1, 0.15) is 11.1 Å². The summed E-state index contributed by atoms with van der Waals surface area (Å²) in [4.78, 5) is 12.7. The van der Waals surface area contributed by atoms with Crippen LogP contribution in [0.3, 0.4) is 0 Å². The van der Waals surface area contributed by atoms with Gasteiger partial charge in [-0.3, -0.25) is 4.79 Å². The average molecular weight is 431 g/mol. The predicted molar refractivity (Wildman–Crippen MR) is 127 cm³/mol. The summed E-state index contributed by atoms with van der Waals surface area (Å²) >= 11 is 1.74. The van der Waals surface area contributed by atoms with Crippen molar-refractivity contribution in [2.24, 2.45) is 0 Å². The third kappa shape index (κ3) is 4.05. The Balaban J connectivity index is 1.86. The molecule has 4 nitrogen and oxygen atoms in total. The molecule has 0 bridgehead atoms. The zero-order valence-corrected chi connectivity index (χ0v) is 18.4. The van der Waals surface area contributed by atoms with E-state index >= 15 is 0 Å². The molecule has 0 aliphatic heterocycles. The quantitative estimate of drug-likeness (QED) is 0.258. The van der Waals surface area contributed by atoms with Gasteiger partial charge in [-0.05, 0) is 70.6 Å². The van der Waals surface area contributed by atoms with Gasteiger partial charge in [0.05, 0.1) is 21.3 Å². The number of methoxy groups -OCH3 is 3. The zero-order valence-electron chi connectivity index (χ0n) is 17.5. The Morgan fingerprint density at radius 3 is 2.26 bits per heavy atom. The minimum absolute atomic E-state index is 0.594. The van der Waals surface area contributed by atoms with Gasteiger partial charge < -0.3 is 14.2 Å². The van der Waals surface area contributed by atoms with Crippen molar-refractivity contribution < 1.29 is 19.0 Å². The van der Waals surface area contributed by atoms with Gasteiger partial charge in [-0.15, -0.1) is 11.3 Å². The number of fused-ring (bicyclic) bond motifs is 1. The zero-order chi connectivity index (χ0) is 21.8. The first-order valence-corrected chi connectivity index (χ1v) is 10.6. The van der Waals surface area contributed by atoms with E-state index in [1.165, 1.54) is 10.1 Å². The van der Waals surface area contributed by atoms with Crippen molar-refractivity contribution in [3.8, 4) is 27.7 Å². The number of rotatable bonds is 7. The van der Waals surface area contributed by atoms with E-state index in [1.54, 1.807) is 38.7 Å². The van der Waals surface area contributed by atoms with E-state index in [1.807, 2.05) is 42.5 Å². The number of aldehydes is 1. The fourth-order valence-corrected chi connectivity index (χ4v) is 4.67. The predicted octanol–water partition coefficient (Wildman–Crippen LogP) is 6.22. The van der Waals surface area contributed by atoms with Crippen molar-refractivity contribution in [3.05, 3.63) is 83.9 Å². The van der Waals surface area contributed by atoms with Crippen LogP contribution >= 0.6 is 11.3 Å². The molecule has 0 fully saturated rings. The lowest BCUT2D eigenvalue weighted by molar-refractivity contribution is -0.104. The first-order valence-electron chi connectivity index (χ1n) is 9.73. The molecule has 0 unspecified atom stereocenters. The van der Waals surface area contributed by atoms with Crippen LogP contribution in [-0.2, 0) is 4.79 Å². The third-order valence-electron chi connectivity index (χ3n) is 5.13. The van der Waals surface area contributed by atoms with E-state index in [4.69, 9.17) is 14.2 Å². The SMILES string of the molecule is COc1ccc(C(=CC=O)c2cc(-c3cc4ccccc4s3)ccc2OC)cc1OC. The standard InChI is InChI=1S/C26H22O4S/c1-28-22-10-9-19(26-16-18-6-4-5-7-25(18)31-26)14-21(22)20(12-13-27)17-8-11-23(29-2)24(15-17)30-3/h4-16H,1-3H3. The van der Waals surface area contributed by atoms with Crippen LogP contribution < -0.4 is 14.2 Å². The summed E-state index contributed by atoms with van der Waals surface area (Å²) in [6.07, 6.45) is 2.34. The normalized spacial score (nSPS) is 11.4. The Kier molecular flexibility index (Phi) is 6.05. The minimum atomic E-state index is 0.594. The van der Waals surface area contributed by atoms with Crippen LogP contribution in [0.15, 0.2) is 72.8 Å². The molecule has 31 heavy (non-hydrogen) atoms. The number of carbonyl (C=O) groups excluding carboxylic acids is 1. The molecule has 0 aliphatic rings. The van der Waals surface area contributed by atoms with Gasteiger partial charge in [0, 0.05) is 15.1 Å². The van der Waals surface area contributed by atoms with Crippen molar-refractivity contribution >= 4 is 33.3 Å². The second kappa shape index (κ2) is 9.06. The molecule has 0 amide bonds. The van der Waals surface area contributed by atoms with E-state index in [0.29, 0.717) is 17.2 Å². The Morgan fingerprint density at radius 2 is 1.55 bits per heavy atom. The molecule has 0 aliphatic carbocycles. The van der Waals surface area contributed by atoms with Crippen molar-refractivity contribution in [1.82, 2.24) is 0 Å². The lowest BCUT2D eigenvalue weighted by atomic mass is 9.94. The maximum Gasteiger partial charge on any atom is 0.161 e. The maximum absolute atomic E-state index is 11.5. The lowest BCUT2D eigenvalue weighted by Gasteiger charge is -2.15. The topological polar surface area (TPSA) is 44.8 Å². The van der Waals surface area contributed by atoms with Crippen LogP contribution in [-0.4, -0.2) is 27.6 Å². The number of benzene rings is 3. The lowest BCUT2D eigenvalue weighted by Crippen LogP contribution is -1.97. The van der Waals surface area contributed by atoms with Gasteiger partial charge in [0.15, 0.2) is 11.5 Å². The molecule has 156 valence electrons. The molecule has 1 aromatic heterocycles. The van der Waals surface area contributed by atoms with Gasteiger partial charge in [-0.2, -0.15) is 0 Å². The maximum atomic E-state index is 11.5. The van der Waals surface area contributed by atoms with E-state index in [2.05, 4.69) is 24.3 Å². The molecule has 0 radical (unpaired) electrons. The van der Waals surface area contributed by atoms with Gasteiger partial charge >= 0.3 is 0 Å². The molecule has 0 spiro atoms. The molecule has 0 N–H and O–H groups in total. The Hall–Kier alpha value is -3.57. The van der Waals surface area contributed by atoms with Gasteiger partial charge in [0.25, 0.3) is 0 Å². The van der Waals surface area contributed by atoms with E-state index in [-0.39, 0.29) is 0 Å². The molecule has 5 heteroatoms. The van der Waals surface area contributed by atoms with Gasteiger partial charge in [-0.25, -0.2) is 0 Å². The highest BCUT2D eigenvalue weighted by molar-refractivity contribution is 7.22. The van der Waals surface area contributed by atoms with Crippen molar-refractivity contribution in [3.63, 3.8) is 0 Å². The molecular formula is C26H22O4S. The molecule has 0 saturated carbocycles. The smallest absolute Gasteiger partial charge is 0.161 e. The first-order chi connectivity index (χ1) is 15.2. The van der Waals surface area contributed by atoms with Crippen LogP contribution in [0, 0.1) is 0 Å². The summed E-state index contributed by atoms with van der Waals surface area (Å²) in [5.74, 6) is 1.91. The molecule has 0 atom stereocenters. The molecular weight excluding hydrogens is 408 g/mol. The van der Waals surface area contributed by atoms with Crippen LogP contribution in [0.4, 0.5) is 0 Å². The number of ether oxygens (including phenoxy) is 3. The fraction of sp³-hybridized carbons (Fsp3) is 0.115. The number of carbonyl (C=O) groups is 1. The number of allylic oxidation sites excluding steroid dienone is 1. The Bertz CT molecular complexity index is 1240. The summed E-state index contributed by atoms with van der Waals surface area (Å²) in [7, 11) is 4.82. The molecule has 0 saturated heterocycles. The second-order valence-electron chi connectivity index (χ2n) is 6.85. The second-order valence-corrected chi connectivity index (χ2v) is 7.93. The Morgan fingerprint density at radius 1 is 0.806 bits per heavy atom. The monoisotopic (exact) mass is 430 g/mol. The largest absolute Gasteiger partial charge is 0.496 e. The van der Waals surface area contributed by atoms with Gasteiger partial charge in [0.1, 0.15) is 12.0 Å². The minimum Gasteiger partial charge on any atom is -0.496 e. The van der Waals surface area contributed by atoms with Gasteiger partial charge in [0.2, 0.25) is 0 Å². The summed E-state index contributed by atoms with van der Waals surface area (Å²) in [5.41, 5.74) is 3.47. The highest BCUT2D eigenvalue weighted by Gasteiger charge is 2.16. The average Bonchev–Trinajstić information content (AvgIpc) is 3.26. The van der Waals surface area contributed by atoms with E-state index in [9.17, 15) is 4.79 Å². The molecule has 4 aromatic rings. The van der Waals surface area contributed by atoms with Crippen LogP contribution in [0.5, 0.6) is 17.2 Å². The molecule has 4 rings (SSSR count).